The summed E-state index contributed by atoms with van der Waals surface area (Å²) >= 11 is 0. The zero-order chi connectivity index (χ0) is 14.5. The van der Waals surface area contributed by atoms with Gasteiger partial charge in [0.1, 0.15) is 0 Å². The van der Waals surface area contributed by atoms with E-state index in [1.807, 2.05) is 6.33 Å². The van der Waals surface area contributed by atoms with Gasteiger partial charge in [0.25, 0.3) is 0 Å². The Morgan fingerprint density at radius 3 is 2.76 bits per heavy atom. The summed E-state index contributed by atoms with van der Waals surface area (Å²) in [7, 11) is 0. The fourth-order valence-corrected chi connectivity index (χ4v) is 3.28. The highest BCUT2D eigenvalue weighted by molar-refractivity contribution is 5.15. The van der Waals surface area contributed by atoms with Gasteiger partial charge in [-0.2, -0.15) is 0 Å². The smallest absolute Gasteiger partial charge is 0.0950 e. The van der Waals surface area contributed by atoms with Crippen LogP contribution in [-0.2, 0) is 6.42 Å². The molecule has 1 N–H and O–H groups in total. The predicted octanol–water partition coefficient (Wildman–Crippen LogP) is 3.54. The average molecular weight is 283 g/mol. The summed E-state index contributed by atoms with van der Waals surface area (Å²) in [4.78, 5) is 4.42. The van der Waals surface area contributed by atoms with Gasteiger partial charge in [0.15, 0.2) is 0 Å². The van der Waals surface area contributed by atoms with E-state index in [4.69, 9.17) is 0 Å². The van der Waals surface area contributed by atoms with Gasteiger partial charge in [-0.1, -0.05) is 30.3 Å². The van der Waals surface area contributed by atoms with Crippen molar-refractivity contribution in [3.05, 3.63) is 54.1 Å². The SMILES string of the molecule is CC(CCc1ccccc1)n1cncc1C1CCNCC1. The second-order valence-corrected chi connectivity index (χ2v) is 6.12. The zero-order valence-electron chi connectivity index (χ0n) is 12.8. The Labute approximate surface area is 127 Å². The van der Waals surface area contributed by atoms with Gasteiger partial charge in [-0.25, -0.2) is 4.98 Å². The summed E-state index contributed by atoms with van der Waals surface area (Å²) in [5.41, 5.74) is 2.85. The van der Waals surface area contributed by atoms with Gasteiger partial charge in [-0.3, -0.25) is 0 Å². The first kappa shape index (κ1) is 14.3. The number of piperidine rings is 1. The molecule has 0 aliphatic carbocycles. The summed E-state index contributed by atoms with van der Waals surface area (Å²) in [5.74, 6) is 0.674. The second kappa shape index (κ2) is 6.90. The van der Waals surface area contributed by atoms with Gasteiger partial charge in [-0.15, -0.1) is 0 Å². The Morgan fingerprint density at radius 2 is 2.00 bits per heavy atom. The Bertz CT molecular complexity index is 541. The lowest BCUT2D eigenvalue weighted by Gasteiger charge is -2.26. The van der Waals surface area contributed by atoms with Crippen LogP contribution in [0.25, 0.3) is 0 Å². The van der Waals surface area contributed by atoms with Crippen LogP contribution in [0.3, 0.4) is 0 Å². The first-order valence-corrected chi connectivity index (χ1v) is 8.11. The third-order valence-electron chi connectivity index (χ3n) is 4.62. The molecule has 3 heteroatoms. The first-order valence-electron chi connectivity index (χ1n) is 8.11. The highest BCUT2D eigenvalue weighted by atomic mass is 15.1. The van der Waals surface area contributed by atoms with Crippen molar-refractivity contribution in [2.45, 2.75) is 44.6 Å². The van der Waals surface area contributed by atoms with E-state index in [1.165, 1.54) is 30.5 Å². The number of hydrogen-bond donors (Lipinski definition) is 1. The molecular formula is C18H25N3. The molecule has 0 saturated carbocycles. The number of nitrogens with zero attached hydrogens (tertiary/aromatic N) is 2. The molecule has 112 valence electrons. The molecule has 1 fully saturated rings. The first-order chi connectivity index (χ1) is 10.3. The number of benzene rings is 1. The van der Waals surface area contributed by atoms with Gasteiger partial charge < -0.3 is 9.88 Å². The quantitative estimate of drug-likeness (QED) is 0.909. The third kappa shape index (κ3) is 3.53. The lowest BCUT2D eigenvalue weighted by Crippen LogP contribution is -2.28. The van der Waals surface area contributed by atoms with E-state index < -0.39 is 0 Å². The molecule has 1 aliphatic rings. The molecule has 1 aromatic heterocycles. The van der Waals surface area contributed by atoms with Crippen LogP contribution in [0.2, 0.25) is 0 Å². The largest absolute Gasteiger partial charge is 0.332 e. The summed E-state index contributed by atoms with van der Waals surface area (Å²) in [6, 6.07) is 11.3. The van der Waals surface area contributed by atoms with Crippen molar-refractivity contribution in [1.29, 1.82) is 0 Å². The molecule has 0 spiro atoms. The Balaban J connectivity index is 1.64. The molecule has 0 bridgehead atoms. The minimum Gasteiger partial charge on any atom is -0.332 e. The number of rotatable bonds is 5. The molecule has 3 rings (SSSR count). The van der Waals surface area contributed by atoms with Gasteiger partial charge in [0.05, 0.1) is 6.33 Å². The van der Waals surface area contributed by atoms with Crippen LogP contribution in [0.5, 0.6) is 0 Å². The second-order valence-electron chi connectivity index (χ2n) is 6.12. The Morgan fingerprint density at radius 1 is 1.24 bits per heavy atom. The predicted molar refractivity (Wildman–Crippen MR) is 86.5 cm³/mol. The van der Waals surface area contributed by atoms with E-state index in [-0.39, 0.29) is 0 Å². The van der Waals surface area contributed by atoms with E-state index in [9.17, 15) is 0 Å². The van der Waals surface area contributed by atoms with Gasteiger partial charge in [0.2, 0.25) is 0 Å². The van der Waals surface area contributed by atoms with Crippen LogP contribution in [0.15, 0.2) is 42.9 Å². The van der Waals surface area contributed by atoms with Crippen molar-refractivity contribution in [1.82, 2.24) is 14.9 Å². The van der Waals surface area contributed by atoms with Crippen LogP contribution >= 0.6 is 0 Å². The maximum Gasteiger partial charge on any atom is 0.0950 e. The van der Waals surface area contributed by atoms with Crippen LogP contribution < -0.4 is 5.32 Å². The van der Waals surface area contributed by atoms with Crippen molar-refractivity contribution in [2.24, 2.45) is 0 Å². The fraction of sp³-hybridized carbons (Fsp3) is 0.500. The molecule has 21 heavy (non-hydrogen) atoms. The van der Waals surface area contributed by atoms with E-state index in [0.717, 1.165) is 19.5 Å². The number of imidazole rings is 1. The lowest BCUT2D eigenvalue weighted by molar-refractivity contribution is 0.414. The minimum atomic E-state index is 0.512. The standard InChI is InChI=1S/C18H25N3/c1-15(7-8-16-5-3-2-4-6-16)21-14-20-13-18(21)17-9-11-19-12-10-17/h2-6,13-15,17,19H,7-12H2,1H3. The van der Waals surface area contributed by atoms with E-state index >= 15 is 0 Å². The summed E-state index contributed by atoms with van der Waals surface area (Å²) < 4.78 is 2.40. The average Bonchev–Trinajstić information content (AvgIpc) is 3.04. The number of aryl methyl sites for hydroxylation is 1. The van der Waals surface area contributed by atoms with Crippen LogP contribution in [0, 0.1) is 0 Å². The van der Waals surface area contributed by atoms with Crippen molar-refractivity contribution >= 4 is 0 Å². The minimum absolute atomic E-state index is 0.512. The van der Waals surface area contributed by atoms with Gasteiger partial charge >= 0.3 is 0 Å². The fourth-order valence-electron chi connectivity index (χ4n) is 3.28. The molecule has 1 unspecified atom stereocenters. The van der Waals surface area contributed by atoms with E-state index in [1.54, 1.807) is 0 Å². The third-order valence-corrected chi connectivity index (χ3v) is 4.62. The molecule has 0 radical (unpaired) electrons. The van der Waals surface area contributed by atoms with Crippen molar-refractivity contribution < 1.29 is 0 Å². The maximum absolute atomic E-state index is 4.42. The zero-order valence-corrected chi connectivity index (χ0v) is 12.8. The van der Waals surface area contributed by atoms with Gasteiger partial charge in [-0.05, 0) is 51.3 Å². The van der Waals surface area contributed by atoms with Crippen LogP contribution in [-0.4, -0.2) is 22.6 Å². The van der Waals surface area contributed by atoms with E-state index in [2.05, 4.69) is 58.3 Å². The Hall–Kier alpha value is -1.61. The number of aromatic nitrogens is 2. The monoisotopic (exact) mass is 283 g/mol. The molecule has 1 aliphatic heterocycles. The molecule has 3 nitrogen and oxygen atoms in total. The highest BCUT2D eigenvalue weighted by Crippen LogP contribution is 2.28. The summed E-state index contributed by atoms with van der Waals surface area (Å²) in [6.07, 6.45) is 8.86. The summed E-state index contributed by atoms with van der Waals surface area (Å²) in [6.45, 7) is 4.58. The Kier molecular flexibility index (Phi) is 4.71. The van der Waals surface area contributed by atoms with Crippen molar-refractivity contribution in [3.8, 4) is 0 Å². The van der Waals surface area contributed by atoms with Crippen molar-refractivity contribution in [3.63, 3.8) is 0 Å². The lowest BCUT2D eigenvalue weighted by atomic mass is 9.94. The highest BCUT2D eigenvalue weighted by Gasteiger charge is 2.20. The maximum atomic E-state index is 4.42. The molecule has 1 atom stereocenters. The van der Waals surface area contributed by atoms with Gasteiger partial charge in [0, 0.05) is 23.9 Å². The normalized spacial score (nSPS) is 17.8. The molecule has 0 amide bonds. The molecule has 2 aromatic rings. The number of hydrogen-bond acceptors (Lipinski definition) is 2. The number of nitrogens with one attached hydrogen (secondary N) is 1. The topological polar surface area (TPSA) is 29.9 Å². The van der Waals surface area contributed by atoms with Crippen LogP contribution in [0.1, 0.15) is 49.4 Å². The summed E-state index contributed by atoms with van der Waals surface area (Å²) in [5, 5.41) is 3.44. The molecule has 2 heterocycles. The van der Waals surface area contributed by atoms with Crippen LogP contribution in [0.4, 0.5) is 0 Å². The molecular weight excluding hydrogens is 258 g/mol. The molecule has 1 saturated heterocycles. The van der Waals surface area contributed by atoms with Crippen molar-refractivity contribution in [2.75, 3.05) is 13.1 Å². The molecule has 1 aromatic carbocycles. The van der Waals surface area contributed by atoms with E-state index in [0.29, 0.717) is 12.0 Å².